The summed E-state index contributed by atoms with van der Waals surface area (Å²) in [4.78, 5) is 6.30. The quantitative estimate of drug-likeness (QED) is 0.736. The minimum Gasteiger partial charge on any atom is -0.504 e. The maximum Gasteiger partial charge on any atom is 0.166 e. The van der Waals surface area contributed by atoms with Gasteiger partial charge in [-0.05, 0) is 26.0 Å². The van der Waals surface area contributed by atoms with Crippen LogP contribution in [-0.2, 0) is 4.74 Å². The lowest BCUT2D eigenvalue weighted by Crippen LogP contribution is -3.15. The molecule has 0 radical (unpaired) electrons. The van der Waals surface area contributed by atoms with E-state index in [-0.39, 0.29) is 17.8 Å². The van der Waals surface area contributed by atoms with Crippen molar-refractivity contribution in [2.24, 2.45) is 4.99 Å². The molecular weight excluding hydrogens is 340 g/mol. The molecule has 1 fully saturated rings. The Kier molecular flexibility index (Phi) is 6.85. The van der Waals surface area contributed by atoms with E-state index in [0.717, 1.165) is 26.3 Å². The number of quaternary nitrogens is 1. The molecule has 0 unspecified atom stereocenters. The van der Waals surface area contributed by atoms with Gasteiger partial charge >= 0.3 is 0 Å². The van der Waals surface area contributed by atoms with Crippen LogP contribution in [0.4, 0.5) is 0 Å². The van der Waals surface area contributed by atoms with Crippen molar-refractivity contribution in [2.75, 3.05) is 32.9 Å². The molecular formula is C22H29N2O3+. The lowest BCUT2D eigenvalue weighted by atomic mass is 9.98. The first-order chi connectivity index (χ1) is 13.2. The normalized spacial score (nSPS) is 17.7. The van der Waals surface area contributed by atoms with Gasteiger partial charge in [-0.15, -0.1) is 0 Å². The van der Waals surface area contributed by atoms with Crippen LogP contribution >= 0.6 is 0 Å². The number of hydrogen-bond donors (Lipinski definition) is 2. The second-order valence-corrected chi connectivity index (χ2v) is 6.80. The Hall–Kier alpha value is -2.37. The lowest BCUT2D eigenvalue weighted by molar-refractivity contribution is -0.940. The van der Waals surface area contributed by atoms with E-state index in [4.69, 9.17) is 14.5 Å². The van der Waals surface area contributed by atoms with E-state index in [1.165, 1.54) is 10.5 Å². The fourth-order valence-corrected chi connectivity index (χ4v) is 3.66. The number of morpholine rings is 1. The Morgan fingerprint density at radius 3 is 2.59 bits per heavy atom. The minimum atomic E-state index is 0.0654. The van der Waals surface area contributed by atoms with E-state index in [0.29, 0.717) is 17.9 Å². The van der Waals surface area contributed by atoms with Gasteiger partial charge in [0.1, 0.15) is 25.2 Å². The zero-order valence-electron chi connectivity index (χ0n) is 16.1. The molecule has 1 aliphatic heterocycles. The van der Waals surface area contributed by atoms with Gasteiger partial charge in [0.25, 0.3) is 0 Å². The Bertz CT molecular complexity index is 742. The van der Waals surface area contributed by atoms with E-state index in [2.05, 4.69) is 31.2 Å². The smallest absolute Gasteiger partial charge is 0.166 e. The molecule has 0 aliphatic carbocycles. The van der Waals surface area contributed by atoms with Gasteiger partial charge in [0.15, 0.2) is 11.5 Å². The molecule has 0 aromatic heterocycles. The number of benzene rings is 2. The van der Waals surface area contributed by atoms with Gasteiger partial charge in [0.05, 0.1) is 19.8 Å². The number of aliphatic imine (C=N–C) groups is 1. The maximum atomic E-state index is 10.4. The Morgan fingerprint density at radius 2 is 1.89 bits per heavy atom. The Labute approximate surface area is 161 Å². The second-order valence-electron chi connectivity index (χ2n) is 6.80. The molecule has 1 aliphatic rings. The van der Waals surface area contributed by atoms with E-state index in [1.807, 2.05) is 25.1 Å². The number of rotatable bonds is 7. The molecule has 0 bridgehead atoms. The van der Waals surface area contributed by atoms with Crippen LogP contribution in [0.15, 0.2) is 53.5 Å². The molecule has 27 heavy (non-hydrogen) atoms. The van der Waals surface area contributed by atoms with Crippen LogP contribution in [0.1, 0.15) is 31.0 Å². The Morgan fingerprint density at radius 1 is 1.15 bits per heavy atom. The van der Waals surface area contributed by atoms with Crippen molar-refractivity contribution in [1.82, 2.24) is 0 Å². The van der Waals surface area contributed by atoms with Crippen LogP contribution < -0.4 is 9.64 Å². The van der Waals surface area contributed by atoms with Crippen molar-refractivity contribution in [1.29, 1.82) is 0 Å². The summed E-state index contributed by atoms with van der Waals surface area (Å²) in [5.41, 5.74) is 1.96. The highest BCUT2D eigenvalue weighted by Crippen LogP contribution is 2.29. The number of phenols is 1. The van der Waals surface area contributed by atoms with Crippen LogP contribution in [0.25, 0.3) is 0 Å². The summed E-state index contributed by atoms with van der Waals surface area (Å²) >= 11 is 0. The zero-order chi connectivity index (χ0) is 19.1. The zero-order valence-corrected chi connectivity index (χ0v) is 16.1. The highest BCUT2D eigenvalue weighted by molar-refractivity contribution is 5.84. The average molecular weight is 369 g/mol. The van der Waals surface area contributed by atoms with E-state index in [9.17, 15) is 5.11 Å². The van der Waals surface area contributed by atoms with Crippen molar-refractivity contribution in [2.45, 2.75) is 25.9 Å². The topological polar surface area (TPSA) is 55.5 Å². The highest BCUT2D eigenvalue weighted by Gasteiger charge is 2.30. The minimum absolute atomic E-state index is 0.0654. The summed E-state index contributed by atoms with van der Waals surface area (Å²) in [5, 5.41) is 10.4. The lowest BCUT2D eigenvalue weighted by Gasteiger charge is -2.33. The van der Waals surface area contributed by atoms with Crippen LogP contribution in [0.3, 0.4) is 0 Å². The largest absolute Gasteiger partial charge is 0.504 e. The summed E-state index contributed by atoms with van der Waals surface area (Å²) in [6.45, 7) is 8.08. The fraction of sp³-hybridized carbons (Fsp3) is 0.409. The Balaban J connectivity index is 1.83. The monoisotopic (exact) mass is 369 g/mol. The predicted molar refractivity (Wildman–Crippen MR) is 107 cm³/mol. The molecule has 5 nitrogen and oxygen atoms in total. The number of phenolic OH excluding ortho intramolecular Hbond substituents is 1. The first-order valence-corrected chi connectivity index (χ1v) is 9.66. The number of aromatic hydroxyl groups is 1. The first kappa shape index (κ1) is 19.4. The molecule has 0 saturated carbocycles. The molecule has 144 valence electrons. The SMILES string of the molecule is CCOc1cccc(C=N[C@H](C)[C@H](c2ccccc2)[NH+]2CCOCC2)c1O. The van der Waals surface area contributed by atoms with Crippen LogP contribution in [0, 0.1) is 0 Å². The number of para-hydroxylation sites is 1. The number of nitrogens with zero attached hydrogens (tertiary/aromatic N) is 1. The van der Waals surface area contributed by atoms with E-state index >= 15 is 0 Å². The maximum absolute atomic E-state index is 10.4. The van der Waals surface area contributed by atoms with Gasteiger partial charge in [-0.1, -0.05) is 36.4 Å². The van der Waals surface area contributed by atoms with Gasteiger partial charge in [-0.3, -0.25) is 4.99 Å². The standard InChI is InChI=1S/C22H28N2O3/c1-3-27-20-11-7-10-19(22(20)25)16-23-17(2)21(18-8-5-4-6-9-18)24-12-14-26-15-13-24/h4-11,16-17,21,25H,3,12-15H2,1-2H3/p+1/t17-,21-/m1/s1. The third-order valence-corrected chi connectivity index (χ3v) is 4.99. The molecule has 3 rings (SSSR count). The molecule has 2 aromatic rings. The average Bonchev–Trinajstić information content (AvgIpc) is 2.71. The van der Waals surface area contributed by atoms with Crippen molar-refractivity contribution in [3.05, 3.63) is 59.7 Å². The third kappa shape index (κ3) is 4.87. The van der Waals surface area contributed by atoms with Crippen molar-refractivity contribution in [3.8, 4) is 11.5 Å². The third-order valence-electron chi connectivity index (χ3n) is 4.99. The van der Waals surface area contributed by atoms with Crippen molar-refractivity contribution < 1.29 is 19.5 Å². The first-order valence-electron chi connectivity index (χ1n) is 9.66. The van der Waals surface area contributed by atoms with Crippen LogP contribution in [0.5, 0.6) is 11.5 Å². The van der Waals surface area contributed by atoms with Crippen LogP contribution in [0.2, 0.25) is 0 Å². The molecule has 2 N–H and O–H groups in total. The molecule has 0 spiro atoms. The van der Waals surface area contributed by atoms with Gasteiger partial charge < -0.3 is 19.5 Å². The summed E-state index contributed by atoms with van der Waals surface area (Å²) < 4.78 is 11.0. The molecule has 5 heteroatoms. The van der Waals surface area contributed by atoms with Gasteiger partial charge in [0, 0.05) is 17.3 Å². The van der Waals surface area contributed by atoms with Crippen molar-refractivity contribution in [3.63, 3.8) is 0 Å². The summed E-state index contributed by atoms with van der Waals surface area (Å²) in [6, 6.07) is 16.4. The van der Waals surface area contributed by atoms with Gasteiger partial charge in [0.2, 0.25) is 0 Å². The molecule has 2 atom stereocenters. The molecule has 2 aromatic carbocycles. The summed E-state index contributed by atoms with van der Waals surface area (Å²) in [7, 11) is 0. The predicted octanol–water partition coefficient (Wildman–Crippen LogP) is 2.25. The molecule has 0 amide bonds. The summed E-state index contributed by atoms with van der Waals surface area (Å²) in [6.07, 6.45) is 1.76. The van der Waals surface area contributed by atoms with Gasteiger partial charge in [-0.25, -0.2) is 0 Å². The molecule has 1 saturated heterocycles. The summed E-state index contributed by atoms with van der Waals surface area (Å²) in [5.74, 6) is 0.637. The molecule has 1 heterocycles. The van der Waals surface area contributed by atoms with Crippen LogP contribution in [-0.4, -0.2) is 50.3 Å². The highest BCUT2D eigenvalue weighted by atomic mass is 16.5. The number of ether oxygens (including phenoxy) is 2. The van der Waals surface area contributed by atoms with Crippen molar-refractivity contribution >= 4 is 6.21 Å². The van der Waals surface area contributed by atoms with Gasteiger partial charge in [-0.2, -0.15) is 0 Å². The number of nitrogens with one attached hydrogen (secondary N) is 1. The van der Waals surface area contributed by atoms with E-state index in [1.54, 1.807) is 12.3 Å². The fourth-order valence-electron chi connectivity index (χ4n) is 3.66. The van der Waals surface area contributed by atoms with E-state index < -0.39 is 0 Å². The second kappa shape index (κ2) is 9.53. The number of hydrogen-bond acceptors (Lipinski definition) is 4.